The molecule has 24 heavy (non-hydrogen) atoms. The van der Waals surface area contributed by atoms with Crippen molar-refractivity contribution in [2.45, 2.75) is 18.6 Å². The molecule has 2 aromatic rings. The molecule has 1 N–H and O–H groups in total. The van der Waals surface area contributed by atoms with Gasteiger partial charge in [0.1, 0.15) is 12.6 Å². The Bertz CT molecular complexity index is 775. The van der Waals surface area contributed by atoms with Crippen molar-refractivity contribution >= 4 is 17.5 Å². The minimum Gasteiger partial charge on any atom is -0.368 e. The van der Waals surface area contributed by atoms with E-state index in [1.54, 1.807) is 4.90 Å². The number of carbonyl (C=O) groups excluding carboxylic acids is 2. The SMILES string of the molecule is O=C1CO[C@@H]2CCN(C(=O)Nc3ccccc3-c3ccccc3)[C@H]12. The highest BCUT2D eigenvalue weighted by molar-refractivity contribution is 5.98. The van der Waals surface area contributed by atoms with Crippen molar-refractivity contribution in [2.24, 2.45) is 0 Å². The molecule has 2 aromatic carbocycles. The summed E-state index contributed by atoms with van der Waals surface area (Å²) in [6, 6.07) is 16.9. The van der Waals surface area contributed by atoms with Gasteiger partial charge in [-0.2, -0.15) is 0 Å². The van der Waals surface area contributed by atoms with Gasteiger partial charge in [-0.25, -0.2) is 4.79 Å². The molecule has 2 atom stereocenters. The number of hydrogen-bond donors (Lipinski definition) is 1. The fourth-order valence-electron chi connectivity index (χ4n) is 3.47. The molecule has 0 bridgehead atoms. The number of likely N-dealkylation sites (tertiary alicyclic amines) is 1. The van der Waals surface area contributed by atoms with Crippen LogP contribution >= 0.6 is 0 Å². The van der Waals surface area contributed by atoms with E-state index in [1.165, 1.54) is 0 Å². The van der Waals surface area contributed by atoms with Crippen molar-refractivity contribution in [1.82, 2.24) is 4.90 Å². The molecular weight excluding hydrogens is 304 g/mol. The molecule has 4 rings (SSSR count). The molecule has 0 unspecified atom stereocenters. The predicted molar refractivity (Wildman–Crippen MR) is 90.8 cm³/mol. The fourth-order valence-corrected chi connectivity index (χ4v) is 3.47. The Morgan fingerprint density at radius 2 is 1.83 bits per heavy atom. The van der Waals surface area contributed by atoms with E-state index in [2.05, 4.69) is 5.32 Å². The van der Waals surface area contributed by atoms with Crippen molar-refractivity contribution < 1.29 is 14.3 Å². The summed E-state index contributed by atoms with van der Waals surface area (Å²) in [5, 5.41) is 2.96. The molecular formula is C19H18N2O3. The number of nitrogens with one attached hydrogen (secondary N) is 1. The van der Waals surface area contributed by atoms with E-state index < -0.39 is 6.04 Å². The van der Waals surface area contributed by atoms with Gasteiger partial charge in [-0.05, 0) is 18.1 Å². The molecule has 2 aliphatic rings. The highest BCUT2D eigenvalue weighted by atomic mass is 16.5. The van der Waals surface area contributed by atoms with Gasteiger partial charge in [0.05, 0.1) is 11.8 Å². The lowest BCUT2D eigenvalue weighted by Gasteiger charge is -2.23. The summed E-state index contributed by atoms with van der Waals surface area (Å²) in [6.45, 7) is 0.653. The van der Waals surface area contributed by atoms with Gasteiger partial charge in [-0.3, -0.25) is 4.79 Å². The molecule has 0 radical (unpaired) electrons. The molecule has 2 amide bonds. The molecule has 5 heteroatoms. The summed E-state index contributed by atoms with van der Waals surface area (Å²) < 4.78 is 5.44. The Kier molecular flexibility index (Phi) is 3.78. The maximum atomic E-state index is 12.7. The van der Waals surface area contributed by atoms with Crippen LogP contribution in [-0.2, 0) is 9.53 Å². The van der Waals surface area contributed by atoms with Crippen LogP contribution in [0.25, 0.3) is 11.1 Å². The Hall–Kier alpha value is -2.66. The minimum absolute atomic E-state index is 0.0102. The molecule has 2 heterocycles. The summed E-state index contributed by atoms with van der Waals surface area (Å²) in [7, 11) is 0. The molecule has 5 nitrogen and oxygen atoms in total. The van der Waals surface area contributed by atoms with Gasteiger partial charge in [0.15, 0.2) is 5.78 Å². The van der Waals surface area contributed by atoms with Gasteiger partial charge in [-0.15, -0.1) is 0 Å². The van der Waals surface area contributed by atoms with Crippen LogP contribution in [0.5, 0.6) is 0 Å². The third-order valence-electron chi connectivity index (χ3n) is 4.63. The molecule has 0 spiro atoms. The Morgan fingerprint density at radius 1 is 1.08 bits per heavy atom. The van der Waals surface area contributed by atoms with Gasteiger partial charge in [0, 0.05) is 12.1 Å². The zero-order valence-electron chi connectivity index (χ0n) is 13.1. The second-order valence-electron chi connectivity index (χ2n) is 6.08. The standard InChI is InChI=1S/C19H18N2O3/c22-16-12-24-17-10-11-21(18(16)17)19(23)20-15-9-5-4-8-14(15)13-6-2-1-3-7-13/h1-9,17-18H,10-12H2,(H,20,23)/t17-,18-/m1/s1. The number of carbonyl (C=O) groups is 2. The summed E-state index contributed by atoms with van der Waals surface area (Å²) in [5.74, 6) is -0.0102. The molecule has 2 saturated heterocycles. The maximum Gasteiger partial charge on any atom is 0.322 e. The summed E-state index contributed by atoms with van der Waals surface area (Å²) in [5.41, 5.74) is 2.73. The van der Waals surface area contributed by atoms with Crippen LogP contribution in [0.1, 0.15) is 6.42 Å². The van der Waals surface area contributed by atoms with Crippen LogP contribution in [0, 0.1) is 0 Å². The number of Topliss-reactive ketones (excluding diaryl/α,β-unsaturated/α-hetero) is 1. The van der Waals surface area contributed by atoms with Crippen LogP contribution in [0.4, 0.5) is 10.5 Å². The topological polar surface area (TPSA) is 58.6 Å². The van der Waals surface area contributed by atoms with Gasteiger partial charge < -0.3 is 15.0 Å². The number of ketones is 1. The van der Waals surface area contributed by atoms with Crippen LogP contribution in [-0.4, -0.2) is 42.0 Å². The predicted octanol–water partition coefficient (Wildman–Crippen LogP) is 2.93. The van der Waals surface area contributed by atoms with E-state index in [4.69, 9.17) is 4.74 Å². The summed E-state index contributed by atoms with van der Waals surface area (Å²) in [4.78, 5) is 26.3. The third-order valence-corrected chi connectivity index (χ3v) is 4.63. The number of rotatable bonds is 2. The zero-order valence-corrected chi connectivity index (χ0v) is 13.1. The lowest BCUT2D eigenvalue weighted by Crippen LogP contribution is -2.44. The second kappa shape index (κ2) is 6.09. The number of anilines is 1. The number of ether oxygens (including phenoxy) is 1. The van der Waals surface area contributed by atoms with Crippen LogP contribution in [0.3, 0.4) is 0 Å². The average molecular weight is 322 g/mol. The number of nitrogens with zero attached hydrogens (tertiary/aromatic N) is 1. The van der Waals surface area contributed by atoms with Crippen molar-refractivity contribution in [3.8, 4) is 11.1 Å². The lowest BCUT2D eigenvalue weighted by atomic mass is 10.0. The number of benzene rings is 2. The van der Waals surface area contributed by atoms with E-state index in [-0.39, 0.29) is 24.5 Å². The van der Waals surface area contributed by atoms with Crippen LogP contribution in [0.2, 0.25) is 0 Å². The smallest absolute Gasteiger partial charge is 0.322 e. The van der Waals surface area contributed by atoms with E-state index in [9.17, 15) is 9.59 Å². The van der Waals surface area contributed by atoms with E-state index in [0.29, 0.717) is 13.0 Å². The second-order valence-corrected chi connectivity index (χ2v) is 6.08. The maximum absolute atomic E-state index is 12.7. The van der Waals surface area contributed by atoms with Gasteiger partial charge in [-0.1, -0.05) is 48.5 Å². The normalized spacial score (nSPS) is 22.5. The molecule has 2 fully saturated rings. The first kappa shape index (κ1) is 14.9. The van der Waals surface area contributed by atoms with Gasteiger partial charge >= 0.3 is 6.03 Å². The zero-order chi connectivity index (χ0) is 16.5. The number of urea groups is 1. The first-order valence-electron chi connectivity index (χ1n) is 8.10. The van der Waals surface area contributed by atoms with Gasteiger partial charge in [0.2, 0.25) is 0 Å². The molecule has 0 aromatic heterocycles. The Labute approximate surface area is 140 Å². The lowest BCUT2D eigenvalue weighted by molar-refractivity contribution is -0.120. The van der Waals surface area contributed by atoms with E-state index in [0.717, 1.165) is 16.8 Å². The highest BCUT2D eigenvalue weighted by Gasteiger charge is 2.46. The molecule has 0 aliphatic carbocycles. The van der Waals surface area contributed by atoms with Gasteiger partial charge in [0.25, 0.3) is 0 Å². The number of para-hydroxylation sites is 1. The number of amides is 2. The third kappa shape index (κ3) is 2.57. The Balaban J connectivity index is 1.58. The first-order chi connectivity index (χ1) is 11.7. The number of hydrogen-bond acceptors (Lipinski definition) is 3. The highest BCUT2D eigenvalue weighted by Crippen LogP contribution is 2.30. The Morgan fingerprint density at radius 3 is 2.67 bits per heavy atom. The summed E-state index contributed by atoms with van der Waals surface area (Å²) >= 11 is 0. The molecule has 122 valence electrons. The minimum atomic E-state index is -0.436. The average Bonchev–Trinajstić information content (AvgIpc) is 3.19. The quantitative estimate of drug-likeness (QED) is 0.925. The van der Waals surface area contributed by atoms with Crippen LogP contribution < -0.4 is 5.32 Å². The largest absolute Gasteiger partial charge is 0.368 e. The fraction of sp³-hybridized carbons (Fsp3) is 0.263. The summed E-state index contributed by atoms with van der Waals surface area (Å²) in [6.07, 6.45) is 0.567. The van der Waals surface area contributed by atoms with E-state index >= 15 is 0 Å². The van der Waals surface area contributed by atoms with Crippen molar-refractivity contribution in [2.75, 3.05) is 18.5 Å². The molecule has 0 saturated carbocycles. The van der Waals surface area contributed by atoms with Crippen molar-refractivity contribution in [3.63, 3.8) is 0 Å². The number of fused-ring (bicyclic) bond motifs is 1. The molecule has 2 aliphatic heterocycles. The van der Waals surface area contributed by atoms with Crippen LogP contribution in [0.15, 0.2) is 54.6 Å². The monoisotopic (exact) mass is 322 g/mol. The van der Waals surface area contributed by atoms with E-state index in [1.807, 2.05) is 54.6 Å². The first-order valence-corrected chi connectivity index (χ1v) is 8.10. The van der Waals surface area contributed by atoms with Crippen molar-refractivity contribution in [1.29, 1.82) is 0 Å². The van der Waals surface area contributed by atoms with Crippen molar-refractivity contribution in [3.05, 3.63) is 54.6 Å².